The molecule has 1 heterocycles. The summed E-state index contributed by atoms with van der Waals surface area (Å²) in [6.07, 6.45) is -3.99. The molecule has 0 spiro atoms. The Kier molecular flexibility index (Phi) is 3.88. The van der Waals surface area contributed by atoms with Crippen molar-refractivity contribution in [3.63, 3.8) is 0 Å². The van der Waals surface area contributed by atoms with E-state index < -0.39 is 23.0 Å². The van der Waals surface area contributed by atoms with Gasteiger partial charge in [-0.15, -0.1) is 0 Å². The molecule has 0 saturated heterocycles. The highest BCUT2D eigenvalue weighted by Gasteiger charge is 2.37. The first kappa shape index (κ1) is 14.9. The summed E-state index contributed by atoms with van der Waals surface area (Å²) in [5.41, 5.74) is 2.46. The van der Waals surface area contributed by atoms with Crippen LogP contribution in [-0.2, 0) is 12.7 Å². The van der Waals surface area contributed by atoms with Gasteiger partial charge in [0.15, 0.2) is 0 Å². The molecule has 2 rings (SSSR count). The smallest absolute Gasteiger partial charge is 0.423 e. The number of hydrogen-bond acceptors (Lipinski definition) is 4. The first-order valence-corrected chi connectivity index (χ1v) is 5.88. The van der Waals surface area contributed by atoms with Gasteiger partial charge in [0.2, 0.25) is 0 Å². The van der Waals surface area contributed by atoms with Crippen molar-refractivity contribution in [3.05, 3.63) is 51.9 Å². The molecule has 1 aromatic heterocycles. The van der Waals surface area contributed by atoms with Gasteiger partial charge in [-0.05, 0) is 17.7 Å². The van der Waals surface area contributed by atoms with Gasteiger partial charge >= 0.3 is 6.18 Å². The maximum Gasteiger partial charge on any atom is 0.423 e. The average Bonchev–Trinajstić information content (AvgIpc) is 2.41. The third-order valence-corrected chi connectivity index (χ3v) is 2.85. The van der Waals surface area contributed by atoms with Crippen molar-refractivity contribution in [2.75, 3.05) is 12.8 Å². The number of nitrogen functional groups attached to an aromatic ring is 1. The Labute approximate surface area is 117 Å². The van der Waals surface area contributed by atoms with Crippen LogP contribution >= 0.6 is 0 Å². The van der Waals surface area contributed by atoms with E-state index in [4.69, 9.17) is 10.5 Å². The SMILES string of the molecule is COc1ccc(Cn2ncc(N)c(C(F)(F)F)c2=O)cc1. The second kappa shape index (κ2) is 5.47. The number of halogens is 3. The Bertz CT molecular complexity index is 693. The van der Waals surface area contributed by atoms with E-state index in [1.54, 1.807) is 24.3 Å². The molecule has 5 nitrogen and oxygen atoms in total. The van der Waals surface area contributed by atoms with Crippen LogP contribution < -0.4 is 16.0 Å². The summed E-state index contributed by atoms with van der Waals surface area (Å²) in [4.78, 5) is 11.8. The molecule has 112 valence electrons. The summed E-state index contributed by atoms with van der Waals surface area (Å²) < 4.78 is 44.1. The molecule has 2 aromatic rings. The van der Waals surface area contributed by atoms with Gasteiger partial charge in [-0.25, -0.2) is 4.68 Å². The van der Waals surface area contributed by atoms with Crippen LogP contribution in [0.3, 0.4) is 0 Å². The number of nitrogens with two attached hydrogens (primary N) is 1. The number of benzene rings is 1. The number of alkyl halides is 3. The molecule has 0 aliphatic rings. The third kappa shape index (κ3) is 3.15. The summed E-state index contributed by atoms with van der Waals surface area (Å²) >= 11 is 0. The van der Waals surface area contributed by atoms with Gasteiger partial charge in [-0.2, -0.15) is 18.3 Å². The number of nitrogens with zero attached hydrogens (tertiary/aromatic N) is 2. The van der Waals surface area contributed by atoms with Gasteiger partial charge in [-0.3, -0.25) is 4.79 Å². The van der Waals surface area contributed by atoms with Crippen molar-refractivity contribution in [1.29, 1.82) is 0 Å². The maximum absolute atomic E-state index is 12.8. The summed E-state index contributed by atoms with van der Waals surface area (Å²) in [5, 5.41) is 3.64. The fraction of sp³-hybridized carbons (Fsp3) is 0.231. The summed E-state index contributed by atoms with van der Waals surface area (Å²) in [7, 11) is 1.50. The van der Waals surface area contributed by atoms with Crippen molar-refractivity contribution in [2.24, 2.45) is 0 Å². The zero-order valence-corrected chi connectivity index (χ0v) is 11.0. The number of methoxy groups -OCH3 is 1. The Morgan fingerprint density at radius 2 is 1.90 bits per heavy atom. The molecule has 0 saturated carbocycles. The average molecular weight is 299 g/mol. The third-order valence-electron chi connectivity index (χ3n) is 2.85. The molecule has 2 N–H and O–H groups in total. The Morgan fingerprint density at radius 3 is 2.43 bits per heavy atom. The van der Waals surface area contributed by atoms with Crippen LogP contribution in [0.15, 0.2) is 35.3 Å². The fourth-order valence-corrected chi connectivity index (χ4v) is 1.80. The van der Waals surface area contributed by atoms with Crippen LogP contribution in [0.25, 0.3) is 0 Å². The van der Waals surface area contributed by atoms with E-state index in [0.717, 1.165) is 10.9 Å². The lowest BCUT2D eigenvalue weighted by Crippen LogP contribution is -2.32. The van der Waals surface area contributed by atoms with E-state index in [2.05, 4.69) is 5.10 Å². The molecular formula is C13H12F3N3O2. The van der Waals surface area contributed by atoms with E-state index >= 15 is 0 Å². The summed E-state index contributed by atoms with van der Waals surface area (Å²) in [6.45, 7) is -0.0911. The number of ether oxygens (including phenoxy) is 1. The molecule has 0 bridgehead atoms. The van der Waals surface area contributed by atoms with Crippen LogP contribution in [0.5, 0.6) is 5.75 Å². The van der Waals surface area contributed by atoms with Crippen molar-refractivity contribution < 1.29 is 17.9 Å². The molecule has 8 heteroatoms. The van der Waals surface area contributed by atoms with Gasteiger partial charge in [0.1, 0.15) is 11.3 Å². The van der Waals surface area contributed by atoms with Crippen LogP contribution in [0, 0.1) is 0 Å². The number of rotatable bonds is 3. The molecule has 21 heavy (non-hydrogen) atoms. The lowest BCUT2D eigenvalue weighted by Gasteiger charge is -2.12. The lowest BCUT2D eigenvalue weighted by atomic mass is 10.2. The quantitative estimate of drug-likeness (QED) is 0.939. The minimum atomic E-state index is -4.81. The minimum Gasteiger partial charge on any atom is -0.497 e. The van der Waals surface area contributed by atoms with Crippen molar-refractivity contribution >= 4 is 5.69 Å². The molecular weight excluding hydrogens is 287 g/mol. The van der Waals surface area contributed by atoms with E-state index in [1.165, 1.54) is 7.11 Å². The van der Waals surface area contributed by atoms with E-state index in [0.29, 0.717) is 11.3 Å². The maximum atomic E-state index is 12.8. The minimum absolute atomic E-state index is 0.0911. The summed E-state index contributed by atoms with van der Waals surface area (Å²) in [6, 6.07) is 6.55. The van der Waals surface area contributed by atoms with Crippen molar-refractivity contribution in [1.82, 2.24) is 9.78 Å². The number of hydrogen-bond donors (Lipinski definition) is 1. The molecule has 0 atom stereocenters. The molecule has 0 unspecified atom stereocenters. The van der Waals surface area contributed by atoms with E-state index in [-0.39, 0.29) is 6.54 Å². The molecule has 0 fully saturated rings. The van der Waals surface area contributed by atoms with Crippen LogP contribution in [-0.4, -0.2) is 16.9 Å². The van der Waals surface area contributed by atoms with Crippen LogP contribution in [0.1, 0.15) is 11.1 Å². The van der Waals surface area contributed by atoms with Crippen molar-refractivity contribution in [3.8, 4) is 5.75 Å². The summed E-state index contributed by atoms with van der Waals surface area (Å²) in [5.74, 6) is 0.604. The number of anilines is 1. The van der Waals surface area contributed by atoms with E-state index in [9.17, 15) is 18.0 Å². The fourth-order valence-electron chi connectivity index (χ4n) is 1.80. The Balaban J connectivity index is 2.39. The molecule has 0 aliphatic heterocycles. The van der Waals surface area contributed by atoms with Crippen molar-refractivity contribution in [2.45, 2.75) is 12.7 Å². The number of aromatic nitrogens is 2. The Morgan fingerprint density at radius 1 is 1.29 bits per heavy atom. The molecule has 0 amide bonds. The van der Waals surface area contributed by atoms with Gasteiger partial charge < -0.3 is 10.5 Å². The van der Waals surface area contributed by atoms with Gasteiger partial charge in [0.25, 0.3) is 5.56 Å². The zero-order valence-electron chi connectivity index (χ0n) is 11.0. The zero-order chi connectivity index (χ0) is 15.6. The monoisotopic (exact) mass is 299 g/mol. The predicted octanol–water partition coefficient (Wildman–Crippen LogP) is 1.90. The molecule has 1 aromatic carbocycles. The highest BCUT2D eigenvalue weighted by atomic mass is 19.4. The highest BCUT2D eigenvalue weighted by molar-refractivity contribution is 5.44. The van der Waals surface area contributed by atoms with Crippen LogP contribution in [0.4, 0.5) is 18.9 Å². The second-order valence-corrected chi connectivity index (χ2v) is 4.28. The molecule has 0 radical (unpaired) electrons. The van der Waals surface area contributed by atoms with Gasteiger partial charge in [0.05, 0.1) is 25.5 Å². The standard InChI is InChI=1S/C13H12F3N3O2/c1-21-9-4-2-8(3-5-9)7-19-12(20)11(13(14,15)16)10(17)6-18-19/h2-6H,7,17H2,1H3. The highest BCUT2D eigenvalue weighted by Crippen LogP contribution is 2.30. The normalized spacial score (nSPS) is 11.4. The largest absolute Gasteiger partial charge is 0.497 e. The lowest BCUT2D eigenvalue weighted by molar-refractivity contribution is -0.138. The van der Waals surface area contributed by atoms with E-state index in [1.807, 2.05) is 0 Å². The van der Waals surface area contributed by atoms with Crippen LogP contribution in [0.2, 0.25) is 0 Å². The predicted molar refractivity (Wildman–Crippen MR) is 70.0 cm³/mol. The first-order chi connectivity index (χ1) is 9.82. The first-order valence-electron chi connectivity index (χ1n) is 5.88. The molecule has 0 aliphatic carbocycles. The van der Waals surface area contributed by atoms with Gasteiger partial charge in [-0.1, -0.05) is 12.1 Å². The second-order valence-electron chi connectivity index (χ2n) is 4.28. The van der Waals surface area contributed by atoms with Gasteiger partial charge in [0, 0.05) is 0 Å². The topological polar surface area (TPSA) is 70.1 Å². The Hall–Kier alpha value is -2.51.